The van der Waals surface area contributed by atoms with Crippen LogP contribution in [0.1, 0.15) is 34.6 Å². The second-order valence-corrected chi connectivity index (χ2v) is 2.11. The molecule has 0 aliphatic heterocycles. The maximum atomic E-state index is 5.40. The van der Waals surface area contributed by atoms with Crippen LogP contribution in [0.25, 0.3) is 0 Å². The molecule has 0 unspecified atom stereocenters. The van der Waals surface area contributed by atoms with Gasteiger partial charge in [-0.3, -0.25) is 0 Å². The number of rotatable bonds is 2. The van der Waals surface area contributed by atoms with Crippen LogP contribution in [-0.4, -0.2) is 0 Å². The molecule has 0 aliphatic rings. The highest BCUT2D eigenvalue weighted by Gasteiger charge is 1.74. The van der Waals surface area contributed by atoms with Crippen LogP contribution in [0, 0.1) is 0 Å². The summed E-state index contributed by atoms with van der Waals surface area (Å²) in [6, 6.07) is 0. The van der Waals surface area contributed by atoms with Crippen LogP contribution in [0.15, 0.2) is 35.9 Å². The van der Waals surface area contributed by atoms with Gasteiger partial charge in [0.25, 0.3) is 0 Å². The molecule has 0 fully saturated rings. The molecule has 0 radical (unpaired) electrons. The summed E-state index contributed by atoms with van der Waals surface area (Å²) in [5.41, 5.74) is 0.979. The highest BCUT2D eigenvalue weighted by Crippen LogP contribution is 2.00. The first-order valence-corrected chi connectivity index (χ1v) is 4.68. The van der Waals surface area contributed by atoms with Gasteiger partial charge >= 0.3 is 0 Å². The Labute approximate surface area is 82.6 Å². The summed E-state index contributed by atoms with van der Waals surface area (Å²) >= 11 is 5.40. The second-order valence-electron chi connectivity index (χ2n) is 1.63. The topological polar surface area (TPSA) is 0 Å². The largest absolute Gasteiger partial charge is 0.0961 e. The van der Waals surface area contributed by atoms with Crippen LogP contribution in [0.3, 0.4) is 0 Å². The normalized spacial score (nSPS) is 7.50. The van der Waals surface area contributed by atoms with E-state index in [1.165, 1.54) is 0 Å². The molecule has 0 N–H and O–H groups in total. The minimum Gasteiger partial charge on any atom is -0.0961 e. The second kappa shape index (κ2) is 16.9. The number of halogens is 1. The molecular formula is C11H21Cl. The van der Waals surface area contributed by atoms with E-state index in [0.717, 1.165) is 5.57 Å². The van der Waals surface area contributed by atoms with Gasteiger partial charge < -0.3 is 0 Å². The molecule has 0 atom stereocenters. The van der Waals surface area contributed by atoms with Crippen LogP contribution in [0.5, 0.6) is 0 Å². The van der Waals surface area contributed by atoms with Crippen molar-refractivity contribution in [1.82, 2.24) is 0 Å². The minimum absolute atomic E-state index is 0.535. The van der Waals surface area contributed by atoms with E-state index in [1.54, 1.807) is 6.08 Å². The van der Waals surface area contributed by atoms with Crippen molar-refractivity contribution in [3.63, 3.8) is 0 Å². The fourth-order valence-electron chi connectivity index (χ4n) is 0.233. The molecule has 0 heterocycles. The van der Waals surface area contributed by atoms with Crippen molar-refractivity contribution in [2.75, 3.05) is 0 Å². The highest BCUT2D eigenvalue weighted by molar-refractivity contribution is 6.30. The molecule has 0 saturated heterocycles. The van der Waals surface area contributed by atoms with Crippen molar-refractivity contribution in [2.24, 2.45) is 0 Å². The van der Waals surface area contributed by atoms with Gasteiger partial charge in [0.1, 0.15) is 0 Å². The average Bonchev–Trinajstić information content (AvgIpc) is 2.08. The van der Waals surface area contributed by atoms with Gasteiger partial charge in [-0.2, -0.15) is 0 Å². The van der Waals surface area contributed by atoms with Gasteiger partial charge in [0.2, 0.25) is 0 Å². The lowest BCUT2D eigenvalue weighted by Gasteiger charge is -1.82. The number of allylic oxidation sites excluding steroid dienone is 4. The summed E-state index contributed by atoms with van der Waals surface area (Å²) in [4.78, 5) is 0. The quantitative estimate of drug-likeness (QED) is 0.540. The molecule has 12 heavy (non-hydrogen) atoms. The molecule has 0 rings (SSSR count). The van der Waals surface area contributed by atoms with Crippen LogP contribution in [0.4, 0.5) is 0 Å². The maximum absolute atomic E-state index is 5.40. The van der Waals surface area contributed by atoms with E-state index in [0.29, 0.717) is 5.03 Å². The summed E-state index contributed by atoms with van der Waals surface area (Å²) in [6.07, 6.45) is 3.53. The predicted octanol–water partition coefficient (Wildman–Crippen LogP) is 4.92. The first-order chi connectivity index (χ1) is 5.63. The lowest BCUT2D eigenvalue weighted by molar-refractivity contribution is 1.50. The zero-order chi connectivity index (χ0) is 10.6. The molecule has 0 aliphatic carbocycles. The van der Waals surface area contributed by atoms with E-state index in [9.17, 15) is 0 Å². The van der Waals surface area contributed by atoms with Gasteiger partial charge in [0.05, 0.1) is 0 Å². The fraction of sp³-hybridized carbons (Fsp3) is 0.455. The van der Waals surface area contributed by atoms with E-state index in [-0.39, 0.29) is 0 Å². The van der Waals surface area contributed by atoms with Crippen molar-refractivity contribution in [2.45, 2.75) is 34.6 Å². The Morgan fingerprint density at radius 1 is 1.00 bits per heavy atom. The third kappa shape index (κ3) is 33.9. The molecular weight excluding hydrogens is 168 g/mol. The van der Waals surface area contributed by atoms with Crippen molar-refractivity contribution in [1.29, 1.82) is 0 Å². The molecule has 0 aromatic heterocycles. The standard InChI is InChI=1S/C7H9Cl.2C2H6/c1-6(2)4-5-7(3)8;2*1-2/h4-5H,1,3H2,2H3;2*1-2H3/b5-4-;;. The van der Waals surface area contributed by atoms with Gasteiger partial charge in [-0.25, -0.2) is 0 Å². The van der Waals surface area contributed by atoms with Crippen LogP contribution in [0.2, 0.25) is 0 Å². The zero-order valence-corrected chi connectivity index (χ0v) is 9.70. The fourth-order valence-corrected chi connectivity index (χ4v) is 0.296. The Kier molecular flexibility index (Phi) is 24.7. The molecule has 0 nitrogen and oxygen atoms in total. The Morgan fingerprint density at radius 3 is 1.42 bits per heavy atom. The Balaban J connectivity index is -0.000000175. The van der Waals surface area contributed by atoms with Crippen LogP contribution in [-0.2, 0) is 0 Å². The lowest BCUT2D eigenvalue weighted by Crippen LogP contribution is -1.60. The summed E-state index contributed by atoms with van der Waals surface area (Å²) < 4.78 is 0. The zero-order valence-electron chi connectivity index (χ0n) is 8.95. The summed E-state index contributed by atoms with van der Waals surface area (Å²) in [5.74, 6) is 0. The lowest BCUT2D eigenvalue weighted by atomic mass is 10.3. The average molecular weight is 189 g/mol. The van der Waals surface area contributed by atoms with Gasteiger partial charge in [-0.1, -0.05) is 64.1 Å². The summed E-state index contributed by atoms with van der Waals surface area (Å²) in [7, 11) is 0. The van der Waals surface area contributed by atoms with E-state index in [4.69, 9.17) is 11.6 Å². The van der Waals surface area contributed by atoms with Gasteiger partial charge in [0, 0.05) is 5.03 Å². The van der Waals surface area contributed by atoms with E-state index < -0.39 is 0 Å². The number of hydrogen-bond acceptors (Lipinski definition) is 0. The highest BCUT2D eigenvalue weighted by atomic mass is 35.5. The van der Waals surface area contributed by atoms with E-state index >= 15 is 0 Å². The van der Waals surface area contributed by atoms with Crippen molar-refractivity contribution in [3.8, 4) is 0 Å². The SMILES string of the molecule is C=C(C)/C=C\C(=C)Cl.CC.CC. The Hall–Kier alpha value is -0.490. The summed E-state index contributed by atoms with van der Waals surface area (Å²) in [6.45, 7) is 17.0. The van der Waals surface area contributed by atoms with Gasteiger partial charge in [0.15, 0.2) is 0 Å². The van der Waals surface area contributed by atoms with E-state index in [1.807, 2.05) is 40.7 Å². The van der Waals surface area contributed by atoms with Crippen LogP contribution < -0.4 is 0 Å². The Morgan fingerprint density at radius 2 is 1.33 bits per heavy atom. The summed E-state index contributed by atoms with van der Waals surface area (Å²) in [5, 5.41) is 0.535. The maximum Gasteiger partial charge on any atom is 0.0334 e. The Bertz CT molecular complexity index is 116. The first-order valence-electron chi connectivity index (χ1n) is 4.31. The van der Waals surface area contributed by atoms with Gasteiger partial charge in [-0.05, 0) is 13.0 Å². The molecule has 0 saturated carbocycles. The van der Waals surface area contributed by atoms with Gasteiger partial charge in [-0.15, -0.1) is 0 Å². The van der Waals surface area contributed by atoms with Crippen molar-refractivity contribution < 1.29 is 0 Å². The molecule has 0 aromatic rings. The molecule has 0 amide bonds. The van der Waals surface area contributed by atoms with Crippen molar-refractivity contribution >= 4 is 11.6 Å². The molecule has 0 spiro atoms. The molecule has 0 aromatic carbocycles. The molecule has 72 valence electrons. The number of hydrogen-bond donors (Lipinski definition) is 0. The molecule has 0 bridgehead atoms. The minimum atomic E-state index is 0.535. The third-order valence-electron chi connectivity index (χ3n) is 0.549. The molecule has 1 heteroatoms. The van der Waals surface area contributed by atoms with Crippen LogP contribution >= 0.6 is 11.6 Å². The smallest absolute Gasteiger partial charge is 0.0334 e. The van der Waals surface area contributed by atoms with Crippen molar-refractivity contribution in [3.05, 3.63) is 35.9 Å². The van der Waals surface area contributed by atoms with E-state index in [2.05, 4.69) is 13.2 Å². The predicted molar refractivity (Wildman–Crippen MR) is 61.6 cm³/mol. The first kappa shape index (κ1) is 17.6. The monoisotopic (exact) mass is 188 g/mol. The third-order valence-corrected chi connectivity index (χ3v) is 0.675.